The molecule has 0 aromatic carbocycles. The molecule has 2 heterocycles. The second kappa shape index (κ2) is 5.59. The molecule has 1 atom stereocenters. The van der Waals surface area contributed by atoms with Crippen LogP contribution in [-0.2, 0) is 0 Å². The maximum Gasteiger partial charge on any atom is 0.158 e. The predicted octanol–water partition coefficient (Wildman–Crippen LogP) is 2.33. The summed E-state index contributed by atoms with van der Waals surface area (Å²) in [5.74, 6) is 0.897. The Labute approximate surface area is 102 Å². The van der Waals surface area contributed by atoms with Crippen molar-refractivity contribution in [2.45, 2.75) is 26.3 Å². The molecule has 4 heteroatoms. The zero-order chi connectivity index (χ0) is 12.1. The molecule has 0 aliphatic heterocycles. The van der Waals surface area contributed by atoms with Crippen molar-refractivity contribution in [2.24, 2.45) is 0 Å². The summed E-state index contributed by atoms with van der Waals surface area (Å²) in [6.07, 6.45) is 6.61. The number of aromatic nitrogens is 3. The van der Waals surface area contributed by atoms with Gasteiger partial charge in [-0.1, -0.05) is 13.0 Å². The fourth-order valence-electron chi connectivity index (χ4n) is 1.80. The van der Waals surface area contributed by atoms with E-state index in [-0.39, 0.29) is 6.04 Å². The van der Waals surface area contributed by atoms with Crippen molar-refractivity contribution < 1.29 is 0 Å². The molecule has 0 spiro atoms. The van der Waals surface area contributed by atoms with Crippen LogP contribution in [0.4, 0.5) is 0 Å². The minimum atomic E-state index is 0.280. The first-order valence-electron chi connectivity index (χ1n) is 6.01. The lowest BCUT2D eigenvalue weighted by atomic mass is 10.1. The van der Waals surface area contributed by atoms with Crippen LogP contribution in [0.1, 0.15) is 31.9 Å². The second-order valence-electron chi connectivity index (χ2n) is 4.04. The van der Waals surface area contributed by atoms with Crippen LogP contribution in [0.2, 0.25) is 0 Å². The number of rotatable bonds is 5. The standard InChI is InChI=1S/C13H18N4/c1-3-7-14-11(2)12-6-4-8-15-13(12)17-10-5-9-16-17/h4-6,8-11,14H,3,7H2,1-2H3. The molecule has 90 valence electrons. The van der Waals surface area contributed by atoms with Crippen LogP contribution in [-0.4, -0.2) is 21.3 Å². The smallest absolute Gasteiger partial charge is 0.158 e. The summed E-state index contributed by atoms with van der Waals surface area (Å²) in [7, 11) is 0. The molecule has 4 nitrogen and oxygen atoms in total. The zero-order valence-corrected chi connectivity index (χ0v) is 10.3. The fraction of sp³-hybridized carbons (Fsp3) is 0.385. The summed E-state index contributed by atoms with van der Waals surface area (Å²) in [4.78, 5) is 4.41. The highest BCUT2D eigenvalue weighted by Gasteiger charge is 2.11. The van der Waals surface area contributed by atoms with E-state index >= 15 is 0 Å². The highest BCUT2D eigenvalue weighted by atomic mass is 15.3. The van der Waals surface area contributed by atoms with Crippen molar-refractivity contribution in [3.05, 3.63) is 42.4 Å². The van der Waals surface area contributed by atoms with Crippen LogP contribution >= 0.6 is 0 Å². The lowest BCUT2D eigenvalue weighted by Crippen LogP contribution is -2.21. The molecular weight excluding hydrogens is 212 g/mol. The molecule has 0 amide bonds. The average molecular weight is 230 g/mol. The van der Waals surface area contributed by atoms with Gasteiger partial charge in [-0.05, 0) is 32.0 Å². The third-order valence-corrected chi connectivity index (χ3v) is 2.71. The summed E-state index contributed by atoms with van der Waals surface area (Å²) >= 11 is 0. The molecule has 1 unspecified atom stereocenters. The van der Waals surface area contributed by atoms with Crippen LogP contribution in [0.5, 0.6) is 0 Å². The molecule has 2 aromatic rings. The predicted molar refractivity (Wildman–Crippen MR) is 68.1 cm³/mol. The van der Waals surface area contributed by atoms with Crippen LogP contribution in [0.15, 0.2) is 36.8 Å². The SMILES string of the molecule is CCCNC(C)c1cccnc1-n1cccn1. The van der Waals surface area contributed by atoms with Gasteiger partial charge in [0.1, 0.15) is 0 Å². The van der Waals surface area contributed by atoms with Crippen molar-refractivity contribution in [2.75, 3.05) is 6.54 Å². The topological polar surface area (TPSA) is 42.7 Å². The molecule has 0 bridgehead atoms. The van der Waals surface area contributed by atoms with E-state index < -0.39 is 0 Å². The molecule has 2 rings (SSSR count). The van der Waals surface area contributed by atoms with Gasteiger partial charge in [0.05, 0.1) is 0 Å². The van der Waals surface area contributed by atoms with Crippen molar-refractivity contribution in [3.8, 4) is 5.82 Å². The molecular formula is C13H18N4. The van der Waals surface area contributed by atoms with E-state index in [1.54, 1.807) is 17.1 Å². The highest BCUT2D eigenvalue weighted by molar-refractivity contribution is 5.34. The maximum atomic E-state index is 4.41. The fourth-order valence-corrected chi connectivity index (χ4v) is 1.80. The van der Waals surface area contributed by atoms with E-state index in [1.165, 1.54) is 5.56 Å². The van der Waals surface area contributed by atoms with Crippen molar-refractivity contribution >= 4 is 0 Å². The Kier molecular flexibility index (Phi) is 3.88. The Balaban J connectivity index is 2.28. The van der Waals surface area contributed by atoms with Crippen molar-refractivity contribution in [1.82, 2.24) is 20.1 Å². The van der Waals surface area contributed by atoms with Gasteiger partial charge in [0.2, 0.25) is 0 Å². The summed E-state index contributed by atoms with van der Waals surface area (Å²) in [5.41, 5.74) is 1.17. The molecule has 17 heavy (non-hydrogen) atoms. The first-order valence-corrected chi connectivity index (χ1v) is 6.01. The van der Waals surface area contributed by atoms with Gasteiger partial charge in [-0.3, -0.25) is 0 Å². The molecule has 0 saturated heterocycles. The monoisotopic (exact) mass is 230 g/mol. The van der Waals surface area contributed by atoms with Crippen LogP contribution < -0.4 is 5.32 Å². The van der Waals surface area contributed by atoms with Gasteiger partial charge >= 0.3 is 0 Å². The minimum Gasteiger partial charge on any atom is -0.310 e. The lowest BCUT2D eigenvalue weighted by molar-refractivity contribution is 0.564. The van der Waals surface area contributed by atoms with Crippen LogP contribution in [0.3, 0.4) is 0 Å². The summed E-state index contributed by atoms with van der Waals surface area (Å²) < 4.78 is 1.81. The molecule has 2 aromatic heterocycles. The van der Waals surface area contributed by atoms with Gasteiger partial charge in [0.25, 0.3) is 0 Å². The molecule has 0 radical (unpaired) electrons. The summed E-state index contributed by atoms with van der Waals surface area (Å²) in [5, 5.41) is 7.71. The van der Waals surface area contributed by atoms with Gasteiger partial charge < -0.3 is 5.32 Å². The van der Waals surface area contributed by atoms with Gasteiger partial charge in [-0.25, -0.2) is 9.67 Å². The van der Waals surface area contributed by atoms with Crippen molar-refractivity contribution in [3.63, 3.8) is 0 Å². The average Bonchev–Trinajstić information content (AvgIpc) is 2.89. The van der Waals surface area contributed by atoms with E-state index in [4.69, 9.17) is 0 Å². The number of hydrogen-bond donors (Lipinski definition) is 1. The number of nitrogens with zero attached hydrogens (tertiary/aromatic N) is 3. The van der Waals surface area contributed by atoms with Gasteiger partial charge in [0.15, 0.2) is 5.82 Å². The molecule has 1 N–H and O–H groups in total. The largest absolute Gasteiger partial charge is 0.310 e. The van der Waals surface area contributed by atoms with Crippen LogP contribution in [0, 0.1) is 0 Å². The first kappa shape index (κ1) is 11.8. The van der Waals surface area contributed by atoms with E-state index in [9.17, 15) is 0 Å². The van der Waals surface area contributed by atoms with Gasteiger partial charge in [-0.2, -0.15) is 5.10 Å². The summed E-state index contributed by atoms with van der Waals surface area (Å²) in [6, 6.07) is 6.25. The third kappa shape index (κ3) is 2.71. The second-order valence-corrected chi connectivity index (χ2v) is 4.04. The highest BCUT2D eigenvalue weighted by Crippen LogP contribution is 2.18. The van der Waals surface area contributed by atoms with Crippen LogP contribution in [0.25, 0.3) is 5.82 Å². The number of pyridine rings is 1. The summed E-state index contributed by atoms with van der Waals surface area (Å²) in [6.45, 7) is 5.33. The van der Waals surface area contributed by atoms with Crippen molar-refractivity contribution in [1.29, 1.82) is 0 Å². The number of hydrogen-bond acceptors (Lipinski definition) is 3. The van der Waals surface area contributed by atoms with Gasteiger partial charge in [0, 0.05) is 30.2 Å². The molecule has 0 aliphatic rings. The Hall–Kier alpha value is -1.68. The Morgan fingerprint density at radius 3 is 2.94 bits per heavy atom. The lowest BCUT2D eigenvalue weighted by Gasteiger charge is -2.16. The molecule has 0 fully saturated rings. The quantitative estimate of drug-likeness (QED) is 0.857. The first-order chi connectivity index (χ1) is 8.33. The maximum absolute atomic E-state index is 4.41. The third-order valence-electron chi connectivity index (χ3n) is 2.71. The van der Waals surface area contributed by atoms with Gasteiger partial charge in [-0.15, -0.1) is 0 Å². The Morgan fingerprint density at radius 2 is 2.24 bits per heavy atom. The minimum absolute atomic E-state index is 0.280. The van der Waals surface area contributed by atoms with E-state index in [1.807, 2.05) is 18.3 Å². The zero-order valence-electron chi connectivity index (χ0n) is 10.3. The van der Waals surface area contributed by atoms with E-state index in [0.29, 0.717) is 0 Å². The molecule has 0 saturated carbocycles. The molecule has 0 aliphatic carbocycles. The normalized spacial score (nSPS) is 12.6. The van der Waals surface area contributed by atoms with E-state index in [0.717, 1.165) is 18.8 Å². The Bertz CT molecular complexity index is 450. The Morgan fingerprint density at radius 1 is 1.35 bits per heavy atom. The number of nitrogens with one attached hydrogen (secondary N) is 1. The van der Waals surface area contributed by atoms with E-state index in [2.05, 4.69) is 35.3 Å².